The topological polar surface area (TPSA) is 0 Å². The minimum atomic E-state index is -4.62. The molecule has 0 bridgehead atoms. The molecule has 0 aromatic carbocycles. The standard InChI is InChI=1S/C4H7F5Ge/c5-1-10(2-6,3-7)4(8)9/h4H,1-3H2. The zero-order chi connectivity index (χ0) is 8.20. The molecule has 0 heterocycles. The summed E-state index contributed by atoms with van der Waals surface area (Å²) >= 11 is -4.62. The van der Waals surface area contributed by atoms with Crippen molar-refractivity contribution in [2.75, 3.05) is 16.5 Å². The summed E-state index contributed by atoms with van der Waals surface area (Å²) in [4.78, 5) is 0. The molecule has 0 saturated carbocycles. The monoisotopic (exact) mass is 224 g/mol. The van der Waals surface area contributed by atoms with Gasteiger partial charge in [-0.1, -0.05) is 0 Å². The fraction of sp³-hybridized carbons (Fsp3) is 1.00. The molecule has 62 valence electrons. The van der Waals surface area contributed by atoms with E-state index < -0.39 is 35.0 Å². The van der Waals surface area contributed by atoms with Crippen LogP contribution >= 0.6 is 0 Å². The van der Waals surface area contributed by atoms with Gasteiger partial charge in [0.2, 0.25) is 0 Å². The van der Waals surface area contributed by atoms with Gasteiger partial charge in [-0.05, 0) is 0 Å². The van der Waals surface area contributed by atoms with Gasteiger partial charge >= 0.3 is 57.0 Å². The van der Waals surface area contributed by atoms with Gasteiger partial charge in [-0.3, -0.25) is 0 Å². The predicted octanol–water partition coefficient (Wildman–Crippen LogP) is 1.77. The molecule has 0 aliphatic rings. The number of rotatable bonds is 4. The number of hydrogen-bond donors (Lipinski definition) is 0. The second-order valence-corrected chi connectivity index (χ2v) is 10.4. The summed E-state index contributed by atoms with van der Waals surface area (Å²) < 4.78 is 58.5. The number of alkyl halides is 5. The van der Waals surface area contributed by atoms with Crippen LogP contribution in [0.4, 0.5) is 22.0 Å². The van der Waals surface area contributed by atoms with Gasteiger partial charge in [0.25, 0.3) is 0 Å². The molecule has 0 amide bonds. The molecule has 0 fully saturated rings. The molecule has 0 aliphatic carbocycles. The van der Waals surface area contributed by atoms with Gasteiger partial charge in [-0.15, -0.1) is 0 Å². The van der Waals surface area contributed by atoms with Gasteiger partial charge in [0.15, 0.2) is 0 Å². The first-order valence-corrected chi connectivity index (χ1v) is 8.25. The van der Waals surface area contributed by atoms with E-state index in [0.717, 1.165) is 0 Å². The first-order chi connectivity index (χ1) is 4.63. The first kappa shape index (κ1) is 10.2. The molecule has 0 aromatic rings. The molecule has 0 aromatic heterocycles. The molecular formula is C4H7F5Ge. The van der Waals surface area contributed by atoms with Gasteiger partial charge < -0.3 is 0 Å². The SMILES string of the molecule is F[CH2][Ge]([CH2]F)([CH2]F)[CH](F)F. The van der Waals surface area contributed by atoms with E-state index in [1.54, 1.807) is 0 Å². The minimum absolute atomic E-state index is 1.48. The number of hydrogen-bond acceptors (Lipinski definition) is 0. The van der Waals surface area contributed by atoms with Crippen LogP contribution < -0.4 is 0 Å². The molecule has 0 spiro atoms. The van der Waals surface area contributed by atoms with Gasteiger partial charge in [-0.2, -0.15) is 0 Å². The molecular weight excluding hydrogens is 216 g/mol. The van der Waals surface area contributed by atoms with Crippen molar-refractivity contribution >= 4 is 13.3 Å². The number of halogens is 5. The van der Waals surface area contributed by atoms with E-state index in [0.29, 0.717) is 0 Å². The Bertz CT molecular complexity index is 83.4. The molecule has 0 atom stereocenters. The van der Waals surface area contributed by atoms with Crippen molar-refractivity contribution in [1.29, 1.82) is 0 Å². The van der Waals surface area contributed by atoms with Crippen LogP contribution in [0.1, 0.15) is 0 Å². The molecule has 0 saturated heterocycles. The van der Waals surface area contributed by atoms with Gasteiger partial charge in [-0.25, -0.2) is 0 Å². The van der Waals surface area contributed by atoms with E-state index in [2.05, 4.69) is 0 Å². The summed E-state index contributed by atoms with van der Waals surface area (Å²) in [5, 5.41) is -3.10. The van der Waals surface area contributed by atoms with Crippen LogP contribution in [0.15, 0.2) is 0 Å². The van der Waals surface area contributed by atoms with Crippen LogP contribution in [0.25, 0.3) is 0 Å². The Hall–Kier alpha value is 0.193. The van der Waals surface area contributed by atoms with E-state index in [-0.39, 0.29) is 0 Å². The van der Waals surface area contributed by atoms with Gasteiger partial charge in [0, 0.05) is 0 Å². The Kier molecular flexibility index (Phi) is 4.23. The second-order valence-electron chi connectivity index (χ2n) is 2.06. The predicted molar refractivity (Wildman–Crippen MR) is 29.7 cm³/mol. The summed E-state index contributed by atoms with van der Waals surface area (Å²) in [6.07, 6.45) is 0. The normalized spacial score (nSPS) is 12.6. The molecule has 0 rings (SSSR count). The molecule has 6 heteroatoms. The Balaban J connectivity index is 4.15. The van der Waals surface area contributed by atoms with Crippen LogP contribution in [-0.2, 0) is 0 Å². The molecule has 0 radical (unpaired) electrons. The van der Waals surface area contributed by atoms with Crippen molar-refractivity contribution in [3.63, 3.8) is 0 Å². The Labute approximate surface area is 57.8 Å². The van der Waals surface area contributed by atoms with E-state index >= 15 is 0 Å². The van der Waals surface area contributed by atoms with E-state index in [9.17, 15) is 22.0 Å². The van der Waals surface area contributed by atoms with Crippen molar-refractivity contribution in [1.82, 2.24) is 0 Å². The average Bonchev–Trinajstić information content (AvgIpc) is 1.92. The second kappa shape index (κ2) is 4.15. The molecule has 0 aliphatic heterocycles. The van der Waals surface area contributed by atoms with Crippen molar-refractivity contribution in [2.24, 2.45) is 0 Å². The zero-order valence-corrected chi connectivity index (χ0v) is 7.19. The maximum atomic E-state index is 11.7. The van der Waals surface area contributed by atoms with Crippen LogP contribution in [-0.4, -0.2) is 35.0 Å². The Morgan fingerprint density at radius 3 is 1.20 bits per heavy atom. The average molecular weight is 223 g/mol. The summed E-state index contributed by atoms with van der Waals surface area (Å²) in [6.45, 7) is 0. The Morgan fingerprint density at radius 1 is 0.900 bits per heavy atom. The molecule has 10 heavy (non-hydrogen) atoms. The van der Waals surface area contributed by atoms with Crippen molar-refractivity contribution < 1.29 is 22.0 Å². The van der Waals surface area contributed by atoms with E-state index in [4.69, 9.17) is 0 Å². The van der Waals surface area contributed by atoms with Crippen molar-refractivity contribution in [3.8, 4) is 0 Å². The molecule has 0 unspecified atom stereocenters. The third-order valence-electron chi connectivity index (χ3n) is 1.26. The van der Waals surface area contributed by atoms with Crippen LogP contribution in [0.5, 0.6) is 0 Å². The molecule has 0 nitrogen and oxygen atoms in total. The summed E-state index contributed by atoms with van der Waals surface area (Å²) in [7, 11) is 0. The fourth-order valence-corrected chi connectivity index (χ4v) is 1.47. The zero-order valence-electron chi connectivity index (χ0n) is 5.09. The molecule has 0 N–H and O–H groups in total. The maximum absolute atomic E-state index is 11.7. The van der Waals surface area contributed by atoms with Crippen LogP contribution in [0, 0.1) is 0 Å². The first-order valence-electron chi connectivity index (χ1n) is 2.59. The summed E-state index contributed by atoms with van der Waals surface area (Å²) in [6, 6.07) is 0. The van der Waals surface area contributed by atoms with E-state index in [1.165, 1.54) is 0 Å². The van der Waals surface area contributed by atoms with Crippen molar-refractivity contribution in [2.45, 2.75) is 5.26 Å². The van der Waals surface area contributed by atoms with Gasteiger partial charge in [0.05, 0.1) is 0 Å². The summed E-state index contributed by atoms with van der Waals surface area (Å²) in [5.74, 6) is 0. The van der Waals surface area contributed by atoms with Crippen LogP contribution in [0.2, 0.25) is 0 Å². The summed E-state index contributed by atoms with van der Waals surface area (Å²) in [5.41, 5.74) is -4.44. The Morgan fingerprint density at radius 2 is 1.20 bits per heavy atom. The van der Waals surface area contributed by atoms with Crippen LogP contribution in [0.3, 0.4) is 0 Å². The van der Waals surface area contributed by atoms with E-state index in [1.807, 2.05) is 0 Å². The third kappa shape index (κ3) is 1.84. The van der Waals surface area contributed by atoms with Gasteiger partial charge in [0.1, 0.15) is 0 Å². The van der Waals surface area contributed by atoms with Crippen molar-refractivity contribution in [3.05, 3.63) is 0 Å². The third-order valence-corrected chi connectivity index (χ3v) is 6.55. The fourth-order valence-electron chi connectivity index (χ4n) is 0.282. The quantitative estimate of drug-likeness (QED) is 0.503.